The van der Waals surface area contributed by atoms with Gasteiger partial charge < -0.3 is 10.4 Å². The summed E-state index contributed by atoms with van der Waals surface area (Å²) in [7, 11) is 0. The van der Waals surface area contributed by atoms with Crippen molar-refractivity contribution in [2.75, 3.05) is 0 Å². The SMILES string of the molecule is CC(NC1CCCC1)C(O)c1ccc(C(C)(C)C)cc1. The normalized spacial score (nSPS) is 20.1. The molecule has 2 rings (SSSR count). The maximum Gasteiger partial charge on any atom is 0.0940 e. The molecule has 2 atom stereocenters. The van der Waals surface area contributed by atoms with Crippen LogP contribution in [0.5, 0.6) is 0 Å². The summed E-state index contributed by atoms with van der Waals surface area (Å²) in [5.74, 6) is 0. The molecule has 0 bridgehead atoms. The van der Waals surface area contributed by atoms with Crippen molar-refractivity contribution in [1.82, 2.24) is 5.32 Å². The first-order valence-electron chi connectivity index (χ1n) is 7.92. The molecule has 2 N–H and O–H groups in total. The van der Waals surface area contributed by atoms with E-state index in [1.54, 1.807) is 0 Å². The zero-order chi connectivity index (χ0) is 14.8. The predicted octanol–water partition coefficient (Wildman–Crippen LogP) is 3.94. The number of hydrogen-bond acceptors (Lipinski definition) is 2. The molecule has 2 heteroatoms. The minimum Gasteiger partial charge on any atom is -0.387 e. The third-order valence-electron chi connectivity index (χ3n) is 4.45. The highest BCUT2D eigenvalue weighted by molar-refractivity contribution is 5.29. The Morgan fingerprint density at radius 3 is 2.15 bits per heavy atom. The molecule has 0 radical (unpaired) electrons. The maximum atomic E-state index is 10.5. The second-order valence-corrected chi connectivity index (χ2v) is 7.25. The fourth-order valence-electron chi connectivity index (χ4n) is 3.02. The average molecular weight is 275 g/mol. The molecule has 0 spiro atoms. The summed E-state index contributed by atoms with van der Waals surface area (Å²) in [5.41, 5.74) is 2.48. The Balaban J connectivity index is 1.99. The van der Waals surface area contributed by atoms with Gasteiger partial charge in [0.05, 0.1) is 6.10 Å². The van der Waals surface area contributed by atoms with Gasteiger partial charge in [0, 0.05) is 12.1 Å². The molecule has 1 aliphatic carbocycles. The fourth-order valence-corrected chi connectivity index (χ4v) is 3.02. The van der Waals surface area contributed by atoms with Gasteiger partial charge in [0.15, 0.2) is 0 Å². The fraction of sp³-hybridized carbons (Fsp3) is 0.667. The molecule has 1 aromatic carbocycles. The van der Waals surface area contributed by atoms with Crippen molar-refractivity contribution in [2.45, 2.75) is 77.0 Å². The summed E-state index contributed by atoms with van der Waals surface area (Å²) in [5, 5.41) is 14.1. The molecule has 112 valence electrons. The van der Waals surface area contributed by atoms with Gasteiger partial charge in [0.25, 0.3) is 0 Å². The molecule has 1 aliphatic rings. The highest BCUT2D eigenvalue weighted by Crippen LogP contribution is 2.26. The summed E-state index contributed by atoms with van der Waals surface area (Å²) in [6.07, 6.45) is 4.71. The Labute approximate surface area is 123 Å². The van der Waals surface area contributed by atoms with Crippen molar-refractivity contribution in [2.24, 2.45) is 0 Å². The standard InChI is InChI=1S/C18H29NO/c1-13(19-16-7-5-6-8-16)17(20)14-9-11-15(12-10-14)18(2,3)4/h9-13,16-17,19-20H,5-8H2,1-4H3. The van der Waals surface area contributed by atoms with Gasteiger partial charge in [-0.15, -0.1) is 0 Å². The van der Waals surface area contributed by atoms with Crippen LogP contribution >= 0.6 is 0 Å². The average Bonchev–Trinajstić information content (AvgIpc) is 2.90. The summed E-state index contributed by atoms with van der Waals surface area (Å²) in [6.45, 7) is 8.72. The van der Waals surface area contributed by atoms with E-state index in [2.05, 4.69) is 57.3 Å². The minimum absolute atomic E-state index is 0.110. The van der Waals surface area contributed by atoms with Crippen molar-refractivity contribution in [3.8, 4) is 0 Å². The molecule has 2 nitrogen and oxygen atoms in total. The highest BCUT2D eigenvalue weighted by atomic mass is 16.3. The van der Waals surface area contributed by atoms with Crippen molar-refractivity contribution in [1.29, 1.82) is 0 Å². The highest BCUT2D eigenvalue weighted by Gasteiger charge is 2.22. The van der Waals surface area contributed by atoms with Crippen molar-refractivity contribution in [3.05, 3.63) is 35.4 Å². The molecule has 0 saturated heterocycles. The summed E-state index contributed by atoms with van der Waals surface area (Å²) >= 11 is 0. The zero-order valence-electron chi connectivity index (χ0n) is 13.3. The number of nitrogens with one attached hydrogen (secondary N) is 1. The molecule has 0 heterocycles. The first-order chi connectivity index (χ1) is 9.38. The van der Waals surface area contributed by atoms with Crippen LogP contribution in [0.2, 0.25) is 0 Å². The molecule has 0 aromatic heterocycles. The first kappa shape index (κ1) is 15.5. The van der Waals surface area contributed by atoms with Gasteiger partial charge in [-0.2, -0.15) is 0 Å². The van der Waals surface area contributed by atoms with E-state index < -0.39 is 6.10 Å². The quantitative estimate of drug-likeness (QED) is 0.872. The van der Waals surface area contributed by atoms with Crippen LogP contribution in [0.25, 0.3) is 0 Å². The lowest BCUT2D eigenvalue weighted by Gasteiger charge is -2.25. The Bertz CT molecular complexity index is 412. The van der Waals surface area contributed by atoms with E-state index in [1.165, 1.54) is 31.2 Å². The van der Waals surface area contributed by atoms with Gasteiger partial charge in [-0.3, -0.25) is 0 Å². The third kappa shape index (κ3) is 3.83. The summed E-state index contributed by atoms with van der Waals surface area (Å²) < 4.78 is 0. The van der Waals surface area contributed by atoms with Crippen molar-refractivity contribution < 1.29 is 5.11 Å². The van der Waals surface area contributed by atoms with Crippen molar-refractivity contribution in [3.63, 3.8) is 0 Å². The molecule has 1 aromatic rings. The molecular weight excluding hydrogens is 246 g/mol. The van der Waals surface area contributed by atoms with Crippen LogP contribution in [-0.2, 0) is 5.41 Å². The van der Waals surface area contributed by atoms with E-state index in [0.717, 1.165) is 5.56 Å². The van der Waals surface area contributed by atoms with E-state index in [9.17, 15) is 5.11 Å². The number of rotatable bonds is 4. The number of benzene rings is 1. The lowest BCUT2D eigenvalue weighted by molar-refractivity contribution is 0.129. The number of hydrogen-bond donors (Lipinski definition) is 2. The summed E-state index contributed by atoms with van der Waals surface area (Å²) in [4.78, 5) is 0. The van der Waals surface area contributed by atoms with Gasteiger partial charge in [-0.05, 0) is 36.3 Å². The molecule has 1 saturated carbocycles. The number of aliphatic hydroxyl groups is 1. The minimum atomic E-state index is -0.426. The van der Waals surface area contributed by atoms with Crippen LogP contribution in [-0.4, -0.2) is 17.2 Å². The van der Waals surface area contributed by atoms with Gasteiger partial charge in [-0.25, -0.2) is 0 Å². The van der Waals surface area contributed by atoms with E-state index in [-0.39, 0.29) is 11.5 Å². The smallest absolute Gasteiger partial charge is 0.0940 e. The number of aliphatic hydroxyl groups excluding tert-OH is 1. The first-order valence-corrected chi connectivity index (χ1v) is 7.92. The van der Waals surface area contributed by atoms with Crippen LogP contribution in [0.3, 0.4) is 0 Å². The molecule has 0 aliphatic heterocycles. The van der Waals surface area contributed by atoms with E-state index in [1.807, 2.05) is 0 Å². The second kappa shape index (κ2) is 6.28. The molecular formula is C18H29NO. The monoisotopic (exact) mass is 275 g/mol. The van der Waals surface area contributed by atoms with Crippen LogP contribution in [0, 0.1) is 0 Å². The second-order valence-electron chi connectivity index (χ2n) is 7.25. The van der Waals surface area contributed by atoms with Crippen LogP contribution in [0.15, 0.2) is 24.3 Å². The Hall–Kier alpha value is -0.860. The van der Waals surface area contributed by atoms with E-state index in [4.69, 9.17) is 0 Å². The molecule has 0 amide bonds. The lowest BCUT2D eigenvalue weighted by atomic mass is 9.86. The molecule has 1 fully saturated rings. The zero-order valence-corrected chi connectivity index (χ0v) is 13.3. The van der Waals surface area contributed by atoms with E-state index >= 15 is 0 Å². The maximum absolute atomic E-state index is 10.5. The van der Waals surface area contributed by atoms with Gasteiger partial charge in [0.1, 0.15) is 0 Å². The Morgan fingerprint density at radius 1 is 1.10 bits per heavy atom. The Morgan fingerprint density at radius 2 is 1.65 bits per heavy atom. The van der Waals surface area contributed by atoms with E-state index in [0.29, 0.717) is 6.04 Å². The lowest BCUT2D eigenvalue weighted by Crippen LogP contribution is -2.38. The van der Waals surface area contributed by atoms with Gasteiger partial charge in [-0.1, -0.05) is 57.9 Å². The predicted molar refractivity (Wildman–Crippen MR) is 85.0 cm³/mol. The van der Waals surface area contributed by atoms with Crippen LogP contribution < -0.4 is 5.32 Å². The molecule has 2 unspecified atom stereocenters. The molecule has 20 heavy (non-hydrogen) atoms. The largest absolute Gasteiger partial charge is 0.387 e. The van der Waals surface area contributed by atoms with Crippen molar-refractivity contribution >= 4 is 0 Å². The Kier molecular flexibility index (Phi) is 4.87. The summed E-state index contributed by atoms with van der Waals surface area (Å²) in [6, 6.07) is 9.12. The van der Waals surface area contributed by atoms with Crippen LogP contribution in [0.4, 0.5) is 0 Å². The topological polar surface area (TPSA) is 32.3 Å². The van der Waals surface area contributed by atoms with Gasteiger partial charge in [0.2, 0.25) is 0 Å². The third-order valence-corrected chi connectivity index (χ3v) is 4.45. The van der Waals surface area contributed by atoms with Gasteiger partial charge >= 0.3 is 0 Å². The van der Waals surface area contributed by atoms with Crippen LogP contribution in [0.1, 0.15) is 70.6 Å².